The maximum absolute atomic E-state index is 11.9. The molecule has 0 saturated heterocycles. The Morgan fingerprint density at radius 2 is 2.05 bits per heavy atom. The van der Waals surface area contributed by atoms with Gasteiger partial charge in [-0.25, -0.2) is 0 Å². The third kappa shape index (κ3) is 5.96. The first-order valence-corrected chi connectivity index (χ1v) is 6.01. The van der Waals surface area contributed by atoms with E-state index in [0.29, 0.717) is 13.0 Å². The van der Waals surface area contributed by atoms with Gasteiger partial charge in [0.2, 0.25) is 5.91 Å². The minimum Gasteiger partial charge on any atom is -0.480 e. The molecule has 0 aliphatic carbocycles. The lowest BCUT2D eigenvalue weighted by atomic mass is 10.1. The summed E-state index contributed by atoms with van der Waals surface area (Å²) in [5.74, 6) is -1.20. The van der Waals surface area contributed by atoms with Gasteiger partial charge in [0.1, 0.15) is 6.54 Å². The van der Waals surface area contributed by atoms with Crippen molar-refractivity contribution in [3.63, 3.8) is 0 Å². The van der Waals surface area contributed by atoms with Crippen molar-refractivity contribution in [3.05, 3.63) is 30.1 Å². The highest BCUT2D eigenvalue weighted by molar-refractivity contribution is 5.81. The Hall–Kier alpha value is -1.95. The Morgan fingerprint density at radius 3 is 2.63 bits per heavy atom. The van der Waals surface area contributed by atoms with Gasteiger partial charge in [0.15, 0.2) is 0 Å². The van der Waals surface area contributed by atoms with Crippen molar-refractivity contribution in [2.24, 2.45) is 0 Å². The summed E-state index contributed by atoms with van der Waals surface area (Å²) >= 11 is 0. The lowest BCUT2D eigenvalue weighted by molar-refractivity contribution is -0.144. The molecule has 6 heteroatoms. The molecule has 1 aromatic heterocycles. The third-order valence-corrected chi connectivity index (χ3v) is 2.62. The zero-order valence-electron chi connectivity index (χ0n) is 10.9. The first-order chi connectivity index (χ1) is 9.13. The standard InChI is InChI=1S/C13H18N2O4/c1-19-9-8-15(10-13(17)18)12(16)3-2-11-4-6-14-7-5-11/h4-7H,2-3,8-10H2,1H3,(H,17,18). The molecule has 1 N–H and O–H groups in total. The van der Waals surface area contributed by atoms with Gasteiger partial charge in [-0.05, 0) is 24.1 Å². The fourth-order valence-electron chi connectivity index (χ4n) is 1.62. The van der Waals surface area contributed by atoms with Crippen LogP contribution in [0.25, 0.3) is 0 Å². The number of aryl methyl sites for hydroxylation is 1. The summed E-state index contributed by atoms with van der Waals surface area (Å²) in [5.41, 5.74) is 1.00. The maximum atomic E-state index is 11.9. The van der Waals surface area contributed by atoms with Gasteiger partial charge in [-0.3, -0.25) is 14.6 Å². The van der Waals surface area contributed by atoms with Gasteiger partial charge in [0.25, 0.3) is 0 Å². The molecule has 1 aromatic rings. The number of carboxylic acid groups (broad SMARTS) is 1. The van der Waals surface area contributed by atoms with Crippen LogP contribution < -0.4 is 0 Å². The number of amides is 1. The molecule has 0 fully saturated rings. The smallest absolute Gasteiger partial charge is 0.323 e. The van der Waals surface area contributed by atoms with E-state index in [0.717, 1.165) is 5.56 Å². The summed E-state index contributed by atoms with van der Waals surface area (Å²) in [7, 11) is 1.51. The van der Waals surface area contributed by atoms with Crippen LogP contribution in [0.15, 0.2) is 24.5 Å². The van der Waals surface area contributed by atoms with Crippen LogP contribution in [0.3, 0.4) is 0 Å². The number of nitrogens with zero attached hydrogens (tertiary/aromatic N) is 2. The van der Waals surface area contributed by atoms with Crippen LogP contribution in [-0.2, 0) is 20.7 Å². The molecule has 1 heterocycles. The van der Waals surface area contributed by atoms with Crippen LogP contribution in [0.5, 0.6) is 0 Å². The molecule has 0 atom stereocenters. The van der Waals surface area contributed by atoms with Crippen LogP contribution in [0.4, 0.5) is 0 Å². The number of hydrogen-bond donors (Lipinski definition) is 1. The van der Waals surface area contributed by atoms with Crippen molar-refractivity contribution < 1.29 is 19.4 Å². The number of carbonyl (C=O) groups excluding carboxylic acids is 1. The van der Waals surface area contributed by atoms with Crippen molar-refractivity contribution in [1.82, 2.24) is 9.88 Å². The molecule has 104 valence electrons. The predicted octanol–water partition coefficient (Wildman–Crippen LogP) is 0.574. The number of hydrogen-bond acceptors (Lipinski definition) is 4. The number of aromatic nitrogens is 1. The summed E-state index contributed by atoms with van der Waals surface area (Å²) in [5, 5.41) is 8.77. The Balaban J connectivity index is 2.48. The van der Waals surface area contributed by atoms with Crippen molar-refractivity contribution in [2.75, 3.05) is 26.8 Å². The zero-order chi connectivity index (χ0) is 14.1. The van der Waals surface area contributed by atoms with Gasteiger partial charge in [-0.2, -0.15) is 0 Å². The molecular weight excluding hydrogens is 248 g/mol. The van der Waals surface area contributed by atoms with Crippen LogP contribution in [0.2, 0.25) is 0 Å². The Bertz CT molecular complexity index is 408. The summed E-state index contributed by atoms with van der Waals surface area (Å²) in [6.07, 6.45) is 4.19. The van der Waals surface area contributed by atoms with E-state index in [1.807, 2.05) is 12.1 Å². The minimum absolute atomic E-state index is 0.184. The third-order valence-electron chi connectivity index (χ3n) is 2.62. The lowest BCUT2D eigenvalue weighted by Crippen LogP contribution is -2.38. The zero-order valence-corrected chi connectivity index (χ0v) is 10.9. The van der Waals surface area contributed by atoms with E-state index in [4.69, 9.17) is 9.84 Å². The fourth-order valence-corrected chi connectivity index (χ4v) is 1.62. The van der Waals surface area contributed by atoms with Gasteiger partial charge in [0, 0.05) is 32.5 Å². The van der Waals surface area contributed by atoms with Crippen LogP contribution >= 0.6 is 0 Å². The minimum atomic E-state index is -1.02. The van der Waals surface area contributed by atoms with Crippen molar-refractivity contribution in [2.45, 2.75) is 12.8 Å². The quantitative estimate of drug-likeness (QED) is 0.744. The molecule has 0 aliphatic rings. The molecule has 1 rings (SSSR count). The first kappa shape index (κ1) is 15.1. The van der Waals surface area contributed by atoms with E-state index in [2.05, 4.69) is 4.98 Å². The number of rotatable bonds is 8. The van der Waals surface area contributed by atoms with E-state index in [9.17, 15) is 9.59 Å². The first-order valence-electron chi connectivity index (χ1n) is 6.01. The summed E-state index contributed by atoms with van der Waals surface area (Å²) in [6.45, 7) is 0.324. The monoisotopic (exact) mass is 266 g/mol. The highest BCUT2D eigenvalue weighted by Gasteiger charge is 2.16. The summed E-state index contributed by atoms with van der Waals surface area (Å²) in [6, 6.07) is 3.67. The Kier molecular flexibility index (Phi) is 6.52. The van der Waals surface area contributed by atoms with Crippen molar-refractivity contribution in [1.29, 1.82) is 0 Å². The van der Waals surface area contributed by atoms with Gasteiger partial charge in [-0.1, -0.05) is 0 Å². The van der Waals surface area contributed by atoms with E-state index in [-0.39, 0.29) is 25.4 Å². The van der Waals surface area contributed by atoms with E-state index >= 15 is 0 Å². The molecule has 0 spiro atoms. The predicted molar refractivity (Wildman–Crippen MR) is 68.6 cm³/mol. The molecule has 0 unspecified atom stereocenters. The number of carbonyl (C=O) groups is 2. The molecule has 0 aromatic carbocycles. The normalized spacial score (nSPS) is 10.2. The van der Waals surface area contributed by atoms with Crippen LogP contribution in [0.1, 0.15) is 12.0 Å². The molecule has 6 nitrogen and oxygen atoms in total. The molecular formula is C13H18N2O4. The van der Waals surface area contributed by atoms with E-state index < -0.39 is 5.97 Å². The number of methoxy groups -OCH3 is 1. The van der Waals surface area contributed by atoms with Gasteiger partial charge in [0.05, 0.1) is 6.61 Å². The Labute approximate surface area is 112 Å². The second kappa shape index (κ2) is 8.20. The summed E-state index contributed by atoms with van der Waals surface area (Å²) in [4.78, 5) is 27.9. The van der Waals surface area contributed by atoms with Gasteiger partial charge >= 0.3 is 5.97 Å². The fraction of sp³-hybridized carbons (Fsp3) is 0.462. The molecule has 0 radical (unpaired) electrons. The van der Waals surface area contributed by atoms with Crippen molar-refractivity contribution in [3.8, 4) is 0 Å². The molecule has 0 saturated carbocycles. The second-order valence-corrected chi connectivity index (χ2v) is 4.06. The number of aliphatic carboxylic acids is 1. The Morgan fingerprint density at radius 1 is 1.37 bits per heavy atom. The average molecular weight is 266 g/mol. The second-order valence-electron chi connectivity index (χ2n) is 4.06. The van der Waals surface area contributed by atoms with Crippen molar-refractivity contribution >= 4 is 11.9 Å². The number of ether oxygens (including phenoxy) is 1. The molecule has 19 heavy (non-hydrogen) atoms. The lowest BCUT2D eigenvalue weighted by Gasteiger charge is -2.20. The molecule has 1 amide bonds. The number of pyridine rings is 1. The maximum Gasteiger partial charge on any atom is 0.323 e. The topological polar surface area (TPSA) is 79.7 Å². The van der Waals surface area contributed by atoms with Crippen LogP contribution in [0, 0.1) is 0 Å². The molecule has 0 bridgehead atoms. The highest BCUT2D eigenvalue weighted by atomic mass is 16.5. The van der Waals surface area contributed by atoms with E-state index in [1.54, 1.807) is 12.4 Å². The average Bonchev–Trinajstić information content (AvgIpc) is 2.41. The van der Waals surface area contributed by atoms with Gasteiger partial charge in [-0.15, -0.1) is 0 Å². The largest absolute Gasteiger partial charge is 0.480 e. The number of carboxylic acids is 1. The SMILES string of the molecule is COCCN(CC(=O)O)C(=O)CCc1ccncc1. The van der Waals surface area contributed by atoms with Crippen LogP contribution in [-0.4, -0.2) is 53.7 Å². The van der Waals surface area contributed by atoms with E-state index in [1.165, 1.54) is 12.0 Å². The summed E-state index contributed by atoms with van der Waals surface area (Å²) < 4.78 is 4.87. The highest BCUT2D eigenvalue weighted by Crippen LogP contribution is 2.04. The van der Waals surface area contributed by atoms with Gasteiger partial charge < -0.3 is 14.7 Å². The molecule has 0 aliphatic heterocycles.